The van der Waals surface area contributed by atoms with Gasteiger partial charge in [0.25, 0.3) is 0 Å². The van der Waals surface area contributed by atoms with Crippen molar-refractivity contribution >= 4 is 17.6 Å². The maximum atomic E-state index is 11.7. The maximum absolute atomic E-state index is 11.7. The Morgan fingerprint density at radius 3 is 2.71 bits per heavy atom. The smallest absolute Gasteiger partial charge is 0.305 e. The summed E-state index contributed by atoms with van der Waals surface area (Å²) in [6.45, 7) is 7.75. The van der Waals surface area contributed by atoms with Crippen molar-refractivity contribution in [3.63, 3.8) is 0 Å². The molecule has 0 spiro atoms. The Morgan fingerprint density at radius 1 is 1.48 bits per heavy atom. The van der Waals surface area contributed by atoms with E-state index in [0.29, 0.717) is 5.69 Å². The van der Waals surface area contributed by atoms with Crippen molar-refractivity contribution in [3.8, 4) is 0 Å². The number of nitrogens with two attached hydrogens (primary N) is 1. The summed E-state index contributed by atoms with van der Waals surface area (Å²) in [6.07, 6.45) is 2.82. The van der Waals surface area contributed by atoms with Crippen LogP contribution in [-0.4, -0.2) is 57.3 Å². The molecule has 0 saturated carbocycles. The van der Waals surface area contributed by atoms with Gasteiger partial charge in [-0.15, -0.1) is 0 Å². The molecular weight excluding hydrogens is 274 g/mol. The molecule has 1 rings (SSSR count). The predicted octanol–water partition coefficient (Wildman–Crippen LogP) is -0.0346. The average molecular weight is 297 g/mol. The van der Waals surface area contributed by atoms with E-state index in [2.05, 4.69) is 29.2 Å². The fourth-order valence-electron chi connectivity index (χ4n) is 1.85. The van der Waals surface area contributed by atoms with E-state index < -0.39 is 24.3 Å². The van der Waals surface area contributed by atoms with Crippen molar-refractivity contribution in [2.24, 2.45) is 5.73 Å². The van der Waals surface area contributed by atoms with Crippen molar-refractivity contribution in [1.82, 2.24) is 14.7 Å². The lowest BCUT2D eigenvalue weighted by atomic mass is 10.2. The molecule has 0 saturated heterocycles. The Hall–Kier alpha value is -1.93. The fraction of sp³-hybridized carbons (Fsp3) is 0.615. The van der Waals surface area contributed by atoms with E-state index in [9.17, 15) is 9.59 Å². The number of nitrogens with zero attached hydrogens (tertiary/aromatic N) is 3. The third-order valence-corrected chi connectivity index (χ3v) is 3.17. The molecule has 1 aromatic heterocycles. The summed E-state index contributed by atoms with van der Waals surface area (Å²) in [6, 6.07) is -1.07. The second kappa shape index (κ2) is 8.38. The highest BCUT2D eigenvalue weighted by molar-refractivity contribution is 5.96. The number of rotatable bonds is 9. The van der Waals surface area contributed by atoms with Crippen LogP contribution in [0.4, 0.5) is 5.69 Å². The van der Waals surface area contributed by atoms with Gasteiger partial charge >= 0.3 is 5.97 Å². The summed E-state index contributed by atoms with van der Waals surface area (Å²) in [5.41, 5.74) is 5.99. The Bertz CT molecular complexity index is 470. The van der Waals surface area contributed by atoms with Gasteiger partial charge in [-0.3, -0.25) is 14.3 Å². The van der Waals surface area contributed by atoms with Crippen LogP contribution >= 0.6 is 0 Å². The first kappa shape index (κ1) is 17.1. The standard InChI is InChI=1S/C13H23N5O3/c1-3-17(4-2)5-6-18-9-10(8-15-18)16-13(21)11(14)7-12(19)20/h8-9,11H,3-7,14H2,1-2H3,(H,16,21)(H,19,20). The van der Waals surface area contributed by atoms with Crippen LogP contribution in [0.2, 0.25) is 0 Å². The van der Waals surface area contributed by atoms with Crippen LogP contribution in [0.25, 0.3) is 0 Å². The van der Waals surface area contributed by atoms with Gasteiger partial charge in [0.05, 0.1) is 30.9 Å². The molecule has 1 amide bonds. The molecule has 0 aliphatic rings. The Kier molecular flexibility index (Phi) is 6.83. The first-order chi connectivity index (χ1) is 9.96. The highest BCUT2D eigenvalue weighted by atomic mass is 16.4. The molecule has 1 atom stereocenters. The molecule has 8 heteroatoms. The largest absolute Gasteiger partial charge is 0.481 e. The normalized spacial score (nSPS) is 12.4. The van der Waals surface area contributed by atoms with Crippen LogP contribution in [0.5, 0.6) is 0 Å². The molecule has 0 aliphatic heterocycles. The van der Waals surface area contributed by atoms with Crippen LogP contribution in [0.3, 0.4) is 0 Å². The Balaban J connectivity index is 2.47. The van der Waals surface area contributed by atoms with Gasteiger partial charge in [-0.25, -0.2) is 0 Å². The number of hydrogen-bond acceptors (Lipinski definition) is 5. The molecule has 1 unspecified atom stereocenters. The number of hydrogen-bond donors (Lipinski definition) is 3. The lowest BCUT2D eigenvalue weighted by Crippen LogP contribution is -2.37. The number of amides is 1. The summed E-state index contributed by atoms with van der Waals surface area (Å²) in [7, 11) is 0. The number of carboxylic acids is 1. The Morgan fingerprint density at radius 2 is 2.14 bits per heavy atom. The van der Waals surface area contributed by atoms with Crippen LogP contribution in [-0.2, 0) is 16.1 Å². The van der Waals surface area contributed by atoms with E-state index in [-0.39, 0.29) is 0 Å². The number of anilines is 1. The fourth-order valence-corrected chi connectivity index (χ4v) is 1.85. The molecule has 0 aliphatic carbocycles. The van der Waals surface area contributed by atoms with E-state index in [1.807, 2.05) is 0 Å². The van der Waals surface area contributed by atoms with Crippen molar-refractivity contribution in [2.75, 3.05) is 25.0 Å². The maximum Gasteiger partial charge on any atom is 0.305 e. The number of aliphatic carboxylic acids is 1. The van der Waals surface area contributed by atoms with Crippen LogP contribution < -0.4 is 11.1 Å². The van der Waals surface area contributed by atoms with Crippen LogP contribution in [0, 0.1) is 0 Å². The highest BCUT2D eigenvalue weighted by Crippen LogP contribution is 2.06. The summed E-state index contributed by atoms with van der Waals surface area (Å²) in [5, 5.41) is 15.3. The van der Waals surface area contributed by atoms with Crippen LogP contribution in [0.15, 0.2) is 12.4 Å². The third kappa shape index (κ3) is 5.92. The zero-order chi connectivity index (χ0) is 15.8. The SMILES string of the molecule is CCN(CC)CCn1cc(NC(=O)C(N)CC(=O)O)cn1. The molecule has 21 heavy (non-hydrogen) atoms. The van der Waals surface area contributed by atoms with Crippen molar-refractivity contribution in [3.05, 3.63) is 12.4 Å². The van der Waals surface area contributed by atoms with E-state index in [4.69, 9.17) is 10.8 Å². The second-order valence-corrected chi connectivity index (χ2v) is 4.71. The molecule has 8 nitrogen and oxygen atoms in total. The summed E-state index contributed by atoms with van der Waals surface area (Å²) < 4.78 is 1.73. The van der Waals surface area contributed by atoms with Crippen molar-refractivity contribution in [2.45, 2.75) is 32.9 Å². The molecule has 1 heterocycles. The predicted molar refractivity (Wildman–Crippen MR) is 78.9 cm³/mol. The minimum Gasteiger partial charge on any atom is -0.481 e. The van der Waals surface area contributed by atoms with Gasteiger partial charge in [-0.05, 0) is 13.1 Å². The van der Waals surface area contributed by atoms with E-state index >= 15 is 0 Å². The second-order valence-electron chi connectivity index (χ2n) is 4.71. The summed E-state index contributed by atoms with van der Waals surface area (Å²) in [4.78, 5) is 24.4. The molecular formula is C13H23N5O3. The van der Waals surface area contributed by atoms with Gasteiger partial charge in [0.15, 0.2) is 0 Å². The number of likely N-dealkylation sites (N-methyl/N-ethyl adjacent to an activating group) is 1. The number of nitrogens with one attached hydrogen (secondary N) is 1. The third-order valence-electron chi connectivity index (χ3n) is 3.17. The zero-order valence-electron chi connectivity index (χ0n) is 12.5. The zero-order valence-corrected chi connectivity index (χ0v) is 12.5. The van der Waals surface area contributed by atoms with Crippen molar-refractivity contribution in [1.29, 1.82) is 0 Å². The lowest BCUT2D eigenvalue weighted by molar-refractivity contribution is -0.138. The summed E-state index contributed by atoms with van der Waals surface area (Å²) >= 11 is 0. The molecule has 0 bridgehead atoms. The van der Waals surface area contributed by atoms with E-state index in [1.165, 1.54) is 6.20 Å². The minimum atomic E-state index is -1.10. The van der Waals surface area contributed by atoms with Crippen LogP contribution in [0.1, 0.15) is 20.3 Å². The summed E-state index contributed by atoms with van der Waals surface area (Å²) in [5.74, 6) is -1.63. The van der Waals surface area contributed by atoms with E-state index in [1.54, 1.807) is 10.9 Å². The number of carbonyl (C=O) groups excluding carboxylic acids is 1. The quantitative estimate of drug-likeness (QED) is 0.589. The monoisotopic (exact) mass is 297 g/mol. The Labute approximate surface area is 123 Å². The molecule has 0 fully saturated rings. The van der Waals surface area contributed by atoms with Gasteiger partial charge in [-0.1, -0.05) is 13.8 Å². The van der Waals surface area contributed by atoms with Gasteiger partial charge in [-0.2, -0.15) is 5.10 Å². The number of carbonyl (C=O) groups is 2. The lowest BCUT2D eigenvalue weighted by Gasteiger charge is -2.17. The topological polar surface area (TPSA) is 113 Å². The van der Waals surface area contributed by atoms with Gasteiger partial charge in [0.2, 0.25) is 5.91 Å². The van der Waals surface area contributed by atoms with Gasteiger partial charge in [0, 0.05) is 12.7 Å². The average Bonchev–Trinajstić information content (AvgIpc) is 2.86. The minimum absolute atomic E-state index is 0.401. The molecule has 4 N–H and O–H groups in total. The van der Waals surface area contributed by atoms with Crippen molar-refractivity contribution < 1.29 is 14.7 Å². The molecule has 118 valence electrons. The number of aromatic nitrogens is 2. The first-order valence-corrected chi connectivity index (χ1v) is 6.99. The van der Waals surface area contributed by atoms with Gasteiger partial charge in [0.1, 0.15) is 0 Å². The molecule has 0 aromatic carbocycles. The molecule has 1 aromatic rings. The van der Waals surface area contributed by atoms with E-state index in [0.717, 1.165) is 26.2 Å². The number of carboxylic acid groups (broad SMARTS) is 1. The highest BCUT2D eigenvalue weighted by Gasteiger charge is 2.17. The first-order valence-electron chi connectivity index (χ1n) is 6.99. The van der Waals surface area contributed by atoms with Gasteiger partial charge < -0.3 is 21.1 Å². The molecule has 0 radical (unpaired) electrons.